The van der Waals surface area contributed by atoms with Crippen LogP contribution in [0.4, 0.5) is 14.5 Å². The topological polar surface area (TPSA) is 21.3 Å². The molecule has 110 valence electrons. The molecule has 0 bridgehead atoms. The molecule has 3 unspecified atom stereocenters. The van der Waals surface area contributed by atoms with E-state index >= 15 is 0 Å². The van der Waals surface area contributed by atoms with Crippen molar-refractivity contribution in [2.24, 2.45) is 11.3 Å². The normalized spacial score (nSPS) is 31.4. The van der Waals surface area contributed by atoms with Gasteiger partial charge in [-0.1, -0.05) is 13.8 Å². The number of benzene rings is 1. The van der Waals surface area contributed by atoms with Gasteiger partial charge >= 0.3 is 0 Å². The monoisotopic (exact) mass is 345 g/mol. The number of nitrogens with one attached hydrogen (secondary N) is 1. The summed E-state index contributed by atoms with van der Waals surface area (Å²) in [6, 6.07) is 2.34. The van der Waals surface area contributed by atoms with Crippen LogP contribution in [0.5, 0.6) is 0 Å². The fraction of sp³-hybridized carbons (Fsp3) is 0.600. The zero-order valence-corrected chi connectivity index (χ0v) is 13.1. The van der Waals surface area contributed by atoms with Crippen molar-refractivity contribution in [2.45, 2.75) is 38.8 Å². The van der Waals surface area contributed by atoms with Crippen LogP contribution in [0.15, 0.2) is 16.6 Å². The molecule has 2 fully saturated rings. The molecular weight excluding hydrogens is 328 g/mol. The molecule has 1 aromatic carbocycles. The lowest BCUT2D eigenvalue weighted by atomic mass is 9.55. The van der Waals surface area contributed by atoms with Gasteiger partial charge in [0.25, 0.3) is 0 Å². The van der Waals surface area contributed by atoms with Crippen LogP contribution in [-0.4, -0.2) is 18.8 Å². The lowest BCUT2D eigenvalue weighted by molar-refractivity contribution is -0.177. The maximum absolute atomic E-state index is 13.9. The molecule has 0 aromatic heterocycles. The van der Waals surface area contributed by atoms with Crippen LogP contribution in [0.25, 0.3) is 0 Å². The van der Waals surface area contributed by atoms with Crippen molar-refractivity contribution in [2.75, 3.05) is 11.9 Å². The molecule has 3 rings (SSSR count). The highest BCUT2D eigenvalue weighted by atomic mass is 79.9. The number of hydrogen-bond donors (Lipinski definition) is 1. The van der Waals surface area contributed by atoms with Gasteiger partial charge in [0.05, 0.1) is 11.8 Å². The lowest BCUT2D eigenvalue weighted by Crippen LogP contribution is -2.67. The van der Waals surface area contributed by atoms with Gasteiger partial charge in [0.15, 0.2) is 0 Å². The number of halogens is 3. The third-order valence-electron chi connectivity index (χ3n) is 4.64. The van der Waals surface area contributed by atoms with E-state index in [1.807, 2.05) is 0 Å². The minimum absolute atomic E-state index is 0.0502. The molecule has 0 radical (unpaired) electrons. The molecule has 0 spiro atoms. The van der Waals surface area contributed by atoms with Crippen LogP contribution in [0.2, 0.25) is 0 Å². The van der Waals surface area contributed by atoms with Crippen LogP contribution in [0, 0.1) is 23.0 Å². The zero-order valence-electron chi connectivity index (χ0n) is 11.6. The van der Waals surface area contributed by atoms with Gasteiger partial charge in [-0.15, -0.1) is 0 Å². The van der Waals surface area contributed by atoms with Crippen molar-refractivity contribution < 1.29 is 13.5 Å². The van der Waals surface area contributed by atoms with Crippen molar-refractivity contribution >= 4 is 21.6 Å². The molecule has 1 saturated carbocycles. The van der Waals surface area contributed by atoms with E-state index in [0.29, 0.717) is 16.1 Å². The van der Waals surface area contributed by atoms with E-state index in [0.717, 1.165) is 25.5 Å². The smallest absolute Gasteiger partial charge is 0.150 e. The molecule has 1 aliphatic heterocycles. The van der Waals surface area contributed by atoms with Crippen molar-refractivity contribution in [3.63, 3.8) is 0 Å². The quantitative estimate of drug-likeness (QED) is 0.860. The van der Waals surface area contributed by atoms with Crippen molar-refractivity contribution in [1.29, 1.82) is 0 Å². The molecule has 5 heteroatoms. The standard InChI is InChI=1S/C15H18BrF2NO/c1-15(2)13(9-4-3-5-20-14(9)15)19-12-10(16)6-8(17)7-11(12)18/h6-7,9,13-14,19H,3-5H2,1-2H3. The fourth-order valence-electron chi connectivity index (χ4n) is 3.65. The summed E-state index contributed by atoms with van der Waals surface area (Å²) in [6.07, 6.45) is 2.37. The molecular formula is C15H18BrF2NO. The van der Waals surface area contributed by atoms with E-state index in [-0.39, 0.29) is 17.6 Å². The Balaban J connectivity index is 1.85. The molecule has 1 heterocycles. The summed E-state index contributed by atoms with van der Waals surface area (Å²) in [5.41, 5.74) is 0.291. The molecule has 2 nitrogen and oxygen atoms in total. The largest absolute Gasteiger partial charge is 0.378 e. The molecule has 1 aromatic rings. The second-order valence-corrected chi connectivity index (χ2v) is 7.14. The van der Waals surface area contributed by atoms with Gasteiger partial charge in [-0.05, 0) is 34.8 Å². The number of fused-ring (bicyclic) bond motifs is 1. The number of ether oxygens (including phenoxy) is 1. The maximum atomic E-state index is 13.9. The Bertz CT molecular complexity index is 512. The molecule has 3 atom stereocenters. The third kappa shape index (κ3) is 2.15. The van der Waals surface area contributed by atoms with Gasteiger partial charge in [0, 0.05) is 34.5 Å². The van der Waals surface area contributed by atoms with Crippen LogP contribution >= 0.6 is 15.9 Å². The predicted octanol–water partition coefficient (Wildman–Crippen LogP) is 4.34. The zero-order chi connectivity index (χ0) is 14.5. The van der Waals surface area contributed by atoms with E-state index in [1.54, 1.807) is 0 Å². The number of hydrogen-bond acceptors (Lipinski definition) is 2. The van der Waals surface area contributed by atoms with Gasteiger partial charge in [0.1, 0.15) is 11.6 Å². The van der Waals surface area contributed by atoms with E-state index in [9.17, 15) is 8.78 Å². The molecule has 1 saturated heterocycles. The highest BCUT2D eigenvalue weighted by molar-refractivity contribution is 9.10. The van der Waals surface area contributed by atoms with Gasteiger partial charge in [-0.2, -0.15) is 0 Å². The minimum Gasteiger partial charge on any atom is -0.378 e. The predicted molar refractivity (Wildman–Crippen MR) is 77.7 cm³/mol. The Hall–Kier alpha value is -0.680. The second kappa shape index (κ2) is 4.95. The van der Waals surface area contributed by atoms with E-state index < -0.39 is 11.6 Å². The maximum Gasteiger partial charge on any atom is 0.150 e. The molecule has 1 aliphatic carbocycles. The fourth-order valence-corrected chi connectivity index (χ4v) is 4.17. The van der Waals surface area contributed by atoms with Crippen LogP contribution < -0.4 is 5.32 Å². The molecule has 1 N–H and O–H groups in total. The summed E-state index contributed by atoms with van der Waals surface area (Å²) in [4.78, 5) is 0. The number of anilines is 1. The first-order valence-electron chi connectivity index (χ1n) is 6.94. The first-order valence-corrected chi connectivity index (χ1v) is 7.73. The Morgan fingerprint density at radius 3 is 2.80 bits per heavy atom. The van der Waals surface area contributed by atoms with Crippen molar-refractivity contribution in [3.05, 3.63) is 28.2 Å². The first kappa shape index (κ1) is 14.3. The summed E-state index contributed by atoms with van der Waals surface area (Å²) in [5.74, 6) is -0.741. The summed E-state index contributed by atoms with van der Waals surface area (Å²) in [5, 5.41) is 3.26. The summed E-state index contributed by atoms with van der Waals surface area (Å²) < 4.78 is 33.3. The molecule has 2 aliphatic rings. The van der Waals surface area contributed by atoms with E-state index in [4.69, 9.17) is 4.74 Å². The Morgan fingerprint density at radius 2 is 2.10 bits per heavy atom. The number of rotatable bonds is 2. The highest BCUT2D eigenvalue weighted by Crippen LogP contribution is 2.52. The van der Waals surface area contributed by atoms with Crippen LogP contribution in [-0.2, 0) is 4.74 Å². The minimum atomic E-state index is -0.577. The average Bonchev–Trinajstić information content (AvgIpc) is 2.37. The van der Waals surface area contributed by atoms with Crippen LogP contribution in [0.1, 0.15) is 26.7 Å². The summed E-state index contributed by atoms with van der Waals surface area (Å²) in [6.45, 7) is 5.07. The van der Waals surface area contributed by atoms with Gasteiger partial charge in [-0.25, -0.2) is 8.78 Å². The summed E-state index contributed by atoms with van der Waals surface area (Å²) >= 11 is 3.23. The third-order valence-corrected chi connectivity index (χ3v) is 5.26. The Labute approximate surface area is 126 Å². The summed E-state index contributed by atoms with van der Waals surface area (Å²) in [7, 11) is 0. The first-order chi connectivity index (χ1) is 9.41. The second-order valence-electron chi connectivity index (χ2n) is 6.29. The molecule has 0 amide bonds. The Morgan fingerprint density at radius 1 is 1.35 bits per heavy atom. The van der Waals surface area contributed by atoms with Gasteiger partial charge < -0.3 is 10.1 Å². The van der Waals surface area contributed by atoms with Gasteiger partial charge in [-0.3, -0.25) is 0 Å². The molecule has 20 heavy (non-hydrogen) atoms. The lowest BCUT2D eigenvalue weighted by Gasteiger charge is -2.60. The van der Waals surface area contributed by atoms with Gasteiger partial charge in [0.2, 0.25) is 0 Å². The SMILES string of the molecule is CC1(C)C(Nc2c(F)cc(F)cc2Br)C2CCCOC21. The Kier molecular flexibility index (Phi) is 3.53. The van der Waals surface area contributed by atoms with Crippen molar-refractivity contribution in [1.82, 2.24) is 0 Å². The van der Waals surface area contributed by atoms with E-state index in [2.05, 4.69) is 35.1 Å². The van der Waals surface area contributed by atoms with Crippen LogP contribution in [0.3, 0.4) is 0 Å². The average molecular weight is 346 g/mol. The van der Waals surface area contributed by atoms with E-state index in [1.165, 1.54) is 6.07 Å². The highest BCUT2D eigenvalue weighted by Gasteiger charge is 2.58. The van der Waals surface area contributed by atoms with Crippen molar-refractivity contribution in [3.8, 4) is 0 Å².